The Bertz CT molecular complexity index is 1280. The Morgan fingerprint density at radius 1 is 0.636 bits per heavy atom. The number of aryl methyl sites for hydroxylation is 3. The van der Waals surface area contributed by atoms with E-state index >= 15 is 4.39 Å². The second-order valence-corrected chi connectivity index (χ2v) is 8.15. The molecular formula is C29H24F4. The quantitative estimate of drug-likeness (QED) is 0.151. The molecule has 0 saturated heterocycles. The van der Waals surface area contributed by atoms with Gasteiger partial charge in [0.2, 0.25) is 0 Å². The summed E-state index contributed by atoms with van der Waals surface area (Å²) in [6.45, 7) is 2.02. The molecule has 0 spiro atoms. The van der Waals surface area contributed by atoms with Crippen LogP contribution in [0, 0.1) is 23.3 Å². The third kappa shape index (κ3) is 5.16. The Hall–Kier alpha value is -3.40. The fourth-order valence-corrected chi connectivity index (χ4v) is 4.02. The van der Waals surface area contributed by atoms with E-state index in [9.17, 15) is 13.2 Å². The summed E-state index contributed by atoms with van der Waals surface area (Å²) < 4.78 is 55.1. The lowest BCUT2D eigenvalue weighted by Crippen LogP contribution is -1.99. The van der Waals surface area contributed by atoms with Crippen LogP contribution in [0.2, 0.25) is 0 Å². The second kappa shape index (κ2) is 10.0. The molecule has 0 unspecified atom stereocenters. The van der Waals surface area contributed by atoms with Gasteiger partial charge < -0.3 is 0 Å². The number of fused-ring (bicyclic) bond motifs is 1. The molecule has 4 aromatic carbocycles. The first-order valence-electron chi connectivity index (χ1n) is 11.0. The van der Waals surface area contributed by atoms with E-state index in [1.807, 2.05) is 25.1 Å². The minimum absolute atomic E-state index is 0.203. The van der Waals surface area contributed by atoms with Crippen molar-refractivity contribution >= 4 is 10.8 Å². The van der Waals surface area contributed by atoms with Gasteiger partial charge in [0.05, 0.1) is 0 Å². The number of hydrogen-bond donors (Lipinski definition) is 0. The number of rotatable bonds is 7. The van der Waals surface area contributed by atoms with Gasteiger partial charge in [-0.15, -0.1) is 0 Å². The van der Waals surface area contributed by atoms with Gasteiger partial charge in [0, 0.05) is 5.39 Å². The highest BCUT2D eigenvalue weighted by Gasteiger charge is 2.13. The van der Waals surface area contributed by atoms with Gasteiger partial charge in [-0.25, -0.2) is 17.6 Å². The average Bonchev–Trinajstić information content (AvgIpc) is 2.82. The Balaban J connectivity index is 1.52. The van der Waals surface area contributed by atoms with E-state index in [-0.39, 0.29) is 24.2 Å². The van der Waals surface area contributed by atoms with E-state index < -0.39 is 17.5 Å². The molecule has 0 bridgehead atoms. The van der Waals surface area contributed by atoms with E-state index in [1.165, 1.54) is 5.56 Å². The first-order chi connectivity index (χ1) is 16.0. The van der Waals surface area contributed by atoms with Crippen LogP contribution >= 0.6 is 0 Å². The predicted molar refractivity (Wildman–Crippen MR) is 126 cm³/mol. The first kappa shape index (κ1) is 22.8. The van der Waals surface area contributed by atoms with Crippen LogP contribution in [0.25, 0.3) is 21.9 Å². The van der Waals surface area contributed by atoms with Crippen LogP contribution in [-0.4, -0.2) is 0 Å². The summed E-state index contributed by atoms with van der Waals surface area (Å²) in [6, 6.07) is 19.5. The predicted octanol–water partition coefficient (Wildman–Crippen LogP) is 8.36. The Morgan fingerprint density at radius 2 is 1.33 bits per heavy atom. The maximum absolute atomic E-state index is 15.1. The summed E-state index contributed by atoms with van der Waals surface area (Å²) in [5, 5.41) is 1.28. The molecule has 0 saturated carbocycles. The smallest absolute Gasteiger partial charge is 0.194 e. The lowest BCUT2D eigenvalue weighted by atomic mass is 9.96. The van der Waals surface area contributed by atoms with Gasteiger partial charge in [-0.1, -0.05) is 60.7 Å². The van der Waals surface area contributed by atoms with Crippen LogP contribution in [0.15, 0.2) is 78.9 Å². The largest absolute Gasteiger partial charge is 0.206 e. The number of allylic oxidation sites excluding steroid dienone is 2. The fourth-order valence-electron chi connectivity index (χ4n) is 4.02. The lowest BCUT2D eigenvalue weighted by molar-refractivity contribution is 0.445. The monoisotopic (exact) mass is 448 g/mol. The molecule has 0 radical (unpaired) electrons. The van der Waals surface area contributed by atoms with Crippen LogP contribution in [0.3, 0.4) is 0 Å². The third-order valence-corrected chi connectivity index (χ3v) is 5.88. The lowest BCUT2D eigenvalue weighted by Gasteiger charge is -2.10. The van der Waals surface area contributed by atoms with E-state index in [0.29, 0.717) is 10.9 Å². The topological polar surface area (TPSA) is 0 Å². The molecule has 4 heteroatoms. The highest BCUT2D eigenvalue weighted by Crippen LogP contribution is 2.28. The number of halogens is 4. The SMILES string of the molecule is C/C=C/CCc1ccc(-c2ccc3c(F)c(CCc4cc(F)c(F)c(F)c4)ccc3c2)cc1. The molecular weight excluding hydrogens is 424 g/mol. The minimum Gasteiger partial charge on any atom is -0.206 e. The van der Waals surface area contributed by atoms with Gasteiger partial charge in [0.25, 0.3) is 0 Å². The van der Waals surface area contributed by atoms with Gasteiger partial charge in [0.1, 0.15) is 5.82 Å². The molecule has 0 N–H and O–H groups in total. The van der Waals surface area contributed by atoms with Crippen molar-refractivity contribution < 1.29 is 17.6 Å². The van der Waals surface area contributed by atoms with Crippen molar-refractivity contribution in [3.05, 3.63) is 119 Å². The van der Waals surface area contributed by atoms with E-state index in [2.05, 4.69) is 36.4 Å². The highest BCUT2D eigenvalue weighted by molar-refractivity contribution is 5.88. The number of benzene rings is 4. The average molecular weight is 449 g/mol. The van der Waals surface area contributed by atoms with Crippen molar-refractivity contribution in [1.82, 2.24) is 0 Å². The zero-order chi connectivity index (χ0) is 23.4. The molecule has 168 valence electrons. The number of hydrogen-bond acceptors (Lipinski definition) is 0. The second-order valence-electron chi connectivity index (χ2n) is 8.15. The summed E-state index contributed by atoms with van der Waals surface area (Å²) in [5.41, 5.74) is 4.08. The molecule has 0 aliphatic carbocycles. The van der Waals surface area contributed by atoms with Crippen molar-refractivity contribution in [1.29, 1.82) is 0 Å². The van der Waals surface area contributed by atoms with Gasteiger partial charge in [-0.05, 0) is 84.0 Å². The molecule has 0 fully saturated rings. The Labute approximate surface area is 191 Å². The summed E-state index contributed by atoms with van der Waals surface area (Å²) in [7, 11) is 0. The molecule has 0 aliphatic rings. The van der Waals surface area contributed by atoms with E-state index in [1.54, 1.807) is 12.1 Å². The van der Waals surface area contributed by atoms with Crippen molar-refractivity contribution in [2.75, 3.05) is 0 Å². The van der Waals surface area contributed by atoms with Crippen molar-refractivity contribution in [2.45, 2.75) is 32.6 Å². The molecule has 4 aromatic rings. The van der Waals surface area contributed by atoms with Crippen LogP contribution in [0.4, 0.5) is 17.6 Å². The molecule has 33 heavy (non-hydrogen) atoms. The minimum atomic E-state index is -1.49. The van der Waals surface area contributed by atoms with E-state index in [4.69, 9.17) is 0 Å². The van der Waals surface area contributed by atoms with Crippen LogP contribution in [0.1, 0.15) is 30.0 Å². The molecule has 0 aromatic heterocycles. The summed E-state index contributed by atoms with van der Waals surface area (Å²) in [5.74, 6) is -4.30. The van der Waals surface area contributed by atoms with Crippen LogP contribution in [-0.2, 0) is 19.3 Å². The Morgan fingerprint density at radius 3 is 2.03 bits per heavy atom. The molecule has 0 heterocycles. The van der Waals surface area contributed by atoms with Crippen molar-refractivity contribution in [3.63, 3.8) is 0 Å². The fraction of sp³-hybridized carbons (Fsp3) is 0.172. The van der Waals surface area contributed by atoms with Crippen LogP contribution < -0.4 is 0 Å². The van der Waals surface area contributed by atoms with Crippen molar-refractivity contribution in [2.24, 2.45) is 0 Å². The maximum atomic E-state index is 15.1. The van der Waals surface area contributed by atoms with Gasteiger partial charge in [-0.3, -0.25) is 0 Å². The molecule has 0 atom stereocenters. The zero-order valence-electron chi connectivity index (χ0n) is 18.3. The molecule has 0 nitrogen and oxygen atoms in total. The Kier molecular flexibility index (Phi) is 6.93. The van der Waals surface area contributed by atoms with Crippen molar-refractivity contribution in [3.8, 4) is 11.1 Å². The first-order valence-corrected chi connectivity index (χ1v) is 11.0. The molecule has 0 aliphatic heterocycles. The van der Waals surface area contributed by atoms with Crippen LogP contribution in [0.5, 0.6) is 0 Å². The summed E-state index contributed by atoms with van der Waals surface area (Å²) in [6.07, 6.45) is 6.66. The zero-order valence-corrected chi connectivity index (χ0v) is 18.3. The third-order valence-electron chi connectivity index (χ3n) is 5.88. The van der Waals surface area contributed by atoms with Gasteiger partial charge in [-0.2, -0.15) is 0 Å². The highest BCUT2D eigenvalue weighted by atomic mass is 19.2. The summed E-state index contributed by atoms with van der Waals surface area (Å²) in [4.78, 5) is 0. The summed E-state index contributed by atoms with van der Waals surface area (Å²) >= 11 is 0. The van der Waals surface area contributed by atoms with E-state index in [0.717, 1.165) is 41.5 Å². The van der Waals surface area contributed by atoms with Gasteiger partial charge in [0.15, 0.2) is 17.5 Å². The molecule has 4 rings (SSSR count). The maximum Gasteiger partial charge on any atom is 0.194 e. The van der Waals surface area contributed by atoms with Gasteiger partial charge >= 0.3 is 0 Å². The standard InChI is InChI=1S/C29H24F4/c1-2-3-4-5-19-6-9-21(10-7-19)23-14-15-25-24(18-23)13-12-22(28(25)32)11-8-20-16-26(30)29(33)27(31)17-20/h2-3,6-7,9-10,12-18H,4-5,8,11H2,1H3/b3-2+. The normalized spacial score (nSPS) is 11.5. The molecule has 0 amide bonds.